The third kappa shape index (κ3) is 3.30. The summed E-state index contributed by atoms with van der Waals surface area (Å²) >= 11 is 0. The van der Waals surface area contributed by atoms with Crippen LogP contribution < -0.4 is 5.32 Å². The van der Waals surface area contributed by atoms with Crippen LogP contribution in [0.25, 0.3) is 0 Å². The average molecular weight is 183 g/mol. The van der Waals surface area contributed by atoms with E-state index in [2.05, 4.69) is 26.2 Å². The summed E-state index contributed by atoms with van der Waals surface area (Å²) in [6, 6.07) is 0.737. The molecule has 2 unspecified atom stereocenters. The summed E-state index contributed by atoms with van der Waals surface area (Å²) in [5.74, 6) is 1.90. The van der Waals surface area contributed by atoms with E-state index >= 15 is 0 Å². The fraction of sp³-hybridized carbons (Fsp3) is 1.00. The molecule has 0 aromatic heterocycles. The standard InChI is InChI=1S/C12H25N/c1-4-12(13-3)10(2)9-11-7-5-6-8-11/h10-13H,4-9H2,1-3H3. The average Bonchev–Trinajstić information content (AvgIpc) is 2.59. The maximum Gasteiger partial charge on any atom is 0.00871 e. The summed E-state index contributed by atoms with van der Waals surface area (Å²) in [4.78, 5) is 0. The van der Waals surface area contributed by atoms with E-state index in [9.17, 15) is 0 Å². The van der Waals surface area contributed by atoms with Crippen molar-refractivity contribution >= 4 is 0 Å². The molecule has 1 N–H and O–H groups in total. The zero-order chi connectivity index (χ0) is 9.68. The van der Waals surface area contributed by atoms with E-state index in [0.29, 0.717) is 0 Å². The minimum absolute atomic E-state index is 0.737. The lowest BCUT2D eigenvalue weighted by Gasteiger charge is -2.24. The zero-order valence-electron chi connectivity index (χ0n) is 9.47. The molecule has 0 aromatic carbocycles. The molecule has 1 fully saturated rings. The largest absolute Gasteiger partial charge is 0.317 e. The summed E-state index contributed by atoms with van der Waals surface area (Å²) in [6.45, 7) is 4.69. The Morgan fingerprint density at radius 1 is 1.31 bits per heavy atom. The van der Waals surface area contributed by atoms with Gasteiger partial charge < -0.3 is 5.32 Å². The zero-order valence-corrected chi connectivity index (χ0v) is 9.47. The van der Waals surface area contributed by atoms with Gasteiger partial charge >= 0.3 is 0 Å². The molecule has 1 aliphatic rings. The Bertz CT molecular complexity index is 123. The van der Waals surface area contributed by atoms with Gasteiger partial charge in [0, 0.05) is 6.04 Å². The molecule has 0 saturated heterocycles. The molecular formula is C12H25N. The highest BCUT2D eigenvalue weighted by Gasteiger charge is 2.21. The van der Waals surface area contributed by atoms with Gasteiger partial charge in [0.05, 0.1) is 0 Å². The van der Waals surface area contributed by atoms with E-state index in [4.69, 9.17) is 0 Å². The molecule has 0 heterocycles. The van der Waals surface area contributed by atoms with Crippen molar-refractivity contribution in [2.75, 3.05) is 7.05 Å². The van der Waals surface area contributed by atoms with Gasteiger partial charge in [0.15, 0.2) is 0 Å². The highest BCUT2D eigenvalue weighted by molar-refractivity contribution is 4.76. The molecule has 0 aromatic rings. The van der Waals surface area contributed by atoms with E-state index in [1.54, 1.807) is 0 Å². The lowest BCUT2D eigenvalue weighted by Crippen LogP contribution is -2.32. The molecule has 78 valence electrons. The quantitative estimate of drug-likeness (QED) is 0.690. The Labute approximate surface area is 83.3 Å². The molecule has 0 amide bonds. The van der Waals surface area contributed by atoms with Crippen LogP contribution in [0.3, 0.4) is 0 Å². The lowest BCUT2D eigenvalue weighted by atomic mass is 9.88. The van der Waals surface area contributed by atoms with Gasteiger partial charge in [-0.15, -0.1) is 0 Å². The van der Waals surface area contributed by atoms with Crippen molar-refractivity contribution < 1.29 is 0 Å². The maximum absolute atomic E-state index is 3.43. The fourth-order valence-corrected chi connectivity index (χ4v) is 2.83. The third-order valence-corrected chi connectivity index (χ3v) is 3.68. The second-order valence-electron chi connectivity index (χ2n) is 4.67. The summed E-state index contributed by atoms with van der Waals surface area (Å²) in [5, 5.41) is 3.43. The highest BCUT2D eigenvalue weighted by atomic mass is 14.9. The molecule has 1 rings (SSSR count). The van der Waals surface area contributed by atoms with Gasteiger partial charge in [-0.1, -0.05) is 39.5 Å². The van der Waals surface area contributed by atoms with Crippen LogP contribution in [0.1, 0.15) is 52.4 Å². The van der Waals surface area contributed by atoms with Crippen molar-refractivity contribution in [3.63, 3.8) is 0 Å². The van der Waals surface area contributed by atoms with Crippen LogP contribution in [0, 0.1) is 11.8 Å². The Kier molecular flexibility index (Phi) is 4.79. The third-order valence-electron chi connectivity index (χ3n) is 3.68. The number of rotatable bonds is 5. The van der Waals surface area contributed by atoms with Crippen LogP contribution in [0.5, 0.6) is 0 Å². The van der Waals surface area contributed by atoms with Crippen molar-refractivity contribution in [2.24, 2.45) is 11.8 Å². The molecule has 1 nitrogen and oxygen atoms in total. The first-order valence-electron chi connectivity index (χ1n) is 5.95. The molecule has 2 atom stereocenters. The molecule has 1 saturated carbocycles. The van der Waals surface area contributed by atoms with Gasteiger partial charge in [-0.2, -0.15) is 0 Å². The van der Waals surface area contributed by atoms with Gasteiger partial charge in [0.1, 0.15) is 0 Å². The molecule has 0 aliphatic heterocycles. The van der Waals surface area contributed by atoms with E-state index in [1.165, 1.54) is 38.5 Å². The van der Waals surface area contributed by atoms with Crippen molar-refractivity contribution in [3.8, 4) is 0 Å². The summed E-state index contributed by atoms with van der Waals surface area (Å²) in [7, 11) is 2.10. The van der Waals surface area contributed by atoms with Crippen LogP contribution in [-0.2, 0) is 0 Å². The second-order valence-corrected chi connectivity index (χ2v) is 4.67. The smallest absolute Gasteiger partial charge is 0.00871 e. The predicted octanol–water partition coefficient (Wildman–Crippen LogP) is 3.20. The summed E-state index contributed by atoms with van der Waals surface area (Å²) in [6.07, 6.45) is 8.65. The van der Waals surface area contributed by atoms with Crippen LogP contribution in [0.2, 0.25) is 0 Å². The number of hydrogen-bond acceptors (Lipinski definition) is 1. The highest BCUT2D eigenvalue weighted by Crippen LogP contribution is 2.31. The minimum Gasteiger partial charge on any atom is -0.317 e. The lowest BCUT2D eigenvalue weighted by molar-refractivity contribution is 0.312. The van der Waals surface area contributed by atoms with Crippen molar-refractivity contribution in [1.82, 2.24) is 5.32 Å². The Morgan fingerprint density at radius 2 is 1.92 bits per heavy atom. The van der Waals surface area contributed by atoms with Crippen LogP contribution in [0.15, 0.2) is 0 Å². The van der Waals surface area contributed by atoms with Crippen LogP contribution >= 0.6 is 0 Å². The first-order valence-corrected chi connectivity index (χ1v) is 5.95. The van der Waals surface area contributed by atoms with E-state index in [0.717, 1.165) is 17.9 Å². The van der Waals surface area contributed by atoms with Gasteiger partial charge in [-0.25, -0.2) is 0 Å². The van der Waals surface area contributed by atoms with E-state index in [1.807, 2.05) is 0 Å². The molecule has 1 heteroatoms. The number of nitrogens with one attached hydrogen (secondary N) is 1. The van der Waals surface area contributed by atoms with Crippen LogP contribution in [-0.4, -0.2) is 13.1 Å². The van der Waals surface area contributed by atoms with Gasteiger partial charge in [-0.05, 0) is 31.7 Å². The normalized spacial score (nSPS) is 23.3. The molecule has 0 radical (unpaired) electrons. The van der Waals surface area contributed by atoms with E-state index in [-0.39, 0.29) is 0 Å². The van der Waals surface area contributed by atoms with E-state index < -0.39 is 0 Å². The topological polar surface area (TPSA) is 12.0 Å². The SMILES string of the molecule is CCC(NC)C(C)CC1CCCC1. The summed E-state index contributed by atoms with van der Waals surface area (Å²) < 4.78 is 0. The molecular weight excluding hydrogens is 158 g/mol. The molecule has 0 bridgehead atoms. The van der Waals surface area contributed by atoms with Crippen molar-refractivity contribution in [3.05, 3.63) is 0 Å². The maximum atomic E-state index is 3.43. The predicted molar refractivity (Wildman–Crippen MR) is 58.9 cm³/mol. The molecule has 13 heavy (non-hydrogen) atoms. The first-order chi connectivity index (χ1) is 6.27. The van der Waals surface area contributed by atoms with Crippen molar-refractivity contribution in [2.45, 2.75) is 58.4 Å². The van der Waals surface area contributed by atoms with Gasteiger partial charge in [-0.3, -0.25) is 0 Å². The Hall–Kier alpha value is -0.0400. The summed E-state index contributed by atoms with van der Waals surface area (Å²) in [5.41, 5.74) is 0. The molecule has 1 aliphatic carbocycles. The molecule has 0 spiro atoms. The fourth-order valence-electron chi connectivity index (χ4n) is 2.83. The number of hydrogen-bond donors (Lipinski definition) is 1. The van der Waals surface area contributed by atoms with Gasteiger partial charge in [0.25, 0.3) is 0 Å². The van der Waals surface area contributed by atoms with Crippen LogP contribution in [0.4, 0.5) is 0 Å². The second kappa shape index (κ2) is 5.64. The monoisotopic (exact) mass is 183 g/mol. The first kappa shape index (κ1) is 11.0. The Morgan fingerprint density at radius 3 is 2.38 bits per heavy atom. The van der Waals surface area contributed by atoms with Gasteiger partial charge in [0.2, 0.25) is 0 Å². The minimum atomic E-state index is 0.737. The van der Waals surface area contributed by atoms with Crippen molar-refractivity contribution in [1.29, 1.82) is 0 Å². The Balaban J connectivity index is 2.25.